The summed E-state index contributed by atoms with van der Waals surface area (Å²) >= 11 is 0. The molecule has 0 atom stereocenters. The van der Waals surface area contributed by atoms with E-state index in [9.17, 15) is 5.11 Å². The number of nitrogens with zero attached hydrogens (tertiary/aromatic N) is 2. The third kappa shape index (κ3) is 2.71. The summed E-state index contributed by atoms with van der Waals surface area (Å²) in [5.41, 5.74) is 6.26. The normalized spacial score (nSPS) is 25.8. The first kappa shape index (κ1) is 19.0. The minimum absolute atomic E-state index is 0.0811. The largest absolute Gasteiger partial charge is 0.385 e. The molecule has 0 unspecified atom stereocenters. The maximum atomic E-state index is 11.5. The van der Waals surface area contributed by atoms with Crippen LogP contribution in [0.3, 0.4) is 0 Å². The lowest BCUT2D eigenvalue weighted by atomic mass is 9.74. The van der Waals surface area contributed by atoms with Crippen molar-refractivity contribution in [3.8, 4) is 0 Å². The van der Waals surface area contributed by atoms with E-state index in [2.05, 4.69) is 63.7 Å². The number of hydrogen-bond acceptors (Lipinski definition) is 4. The molecule has 4 heteroatoms. The molecular weight excluding hydrogens is 382 g/mol. The summed E-state index contributed by atoms with van der Waals surface area (Å²) in [6.45, 7) is 2.82. The lowest BCUT2D eigenvalue weighted by Gasteiger charge is -2.43. The van der Waals surface area contributed by atoms with E-state index in [1.807, 2.05) is 19.2 Å². The summed E-state index contributed by atoms with van der Waals surface area (Å²) in [4.78, 5) is 6.99. The van der Waals surface area contributed by atoms with Gasteiger partial charge in [-0.25, -0.2) is 4.98 Å². The highest BCUT2D eigenvalue weighted by molar-refractivity contribution is 5.63. The number of likely N-dealkylation sites (tertiary alicyclic amines) is 1. The van der Waals surface area contributed by atoms with E-state index in [1.165, 1.54) is 28.7 Å². The molecule has 1 fully saturated rings. The molecule has 31 heavy (non-hydrogen) atoms. The van der Waals surface area contributed by atoms with Gasteiger partial charge >= 0.3 is 0 Å². The Morgan fingerprint density at radius 3 is 2.19 bits per heavy atom. The number of benzene rings is 2. The standard InChI is InChI=1S/C27H29N3O/c1-28-25-24(11-6-14-29-25)27(31)12-15-30(16-13-27)18-26-17-21(19-7-2-4-9-22(19)26)20-8-3-5-10-23(20)26/h2-11,14,21,31H,12-13,15-18H2,1H3,(H,28,29). The topological polar surface area (TPSA) is 48.4 Å². The van der Waals surface area contributed by atoms with Crippen molar-refractivity contribution in [3.63, 3.8) is 0 Å². The summed E-state index contributed by atoms with van der Waals surface area (Å²) in [7, 11) is 1.87. The Morgan fingerprint density at radius 2 is 1.55 bits per heavy atom. The molecule has 0 saturated carbocycles. The Morgan fingerprint density at radius 1 is 0.935 bits per heavy atom. The first-order valence-corrected chi connectivity index (χ1v) is 11.4. The van der Waals surface area contributed by atoms with Gasteiger partial charge in [0.1, 0.15) is 5.82 Å². The van der Waals surface area contributed by atoms with Gasteiger partial charge in [0.2, 0.25) is 0 Å². The molecule has 0 amide bonds. The zero-order valence-corrected chi connectivity index (χ0v) is 18.0. The van der Waals surface area contributed by atoms with Gasteiger partial charge in [-0.05, 0) is 47.6 Å². The molecular formula is C27H29N3O. The van der Waals surface area contributed by atoms with Crippen molar-refractivity contribution in [1.29, 1.82) is 0 Å². The van der Waals surface area contributed by atoms with E-state index >= 15 is 0 Å². The van der Waals surface area contributed by atoms with Gasteiger partial charge in [-0.2, -0.15) is 0 Å². The summed E-state index contributed by atoms with van der Waals surface area (Å²) in [5.74, 6) is 1.32. The third-order valence-electron chi connectivity index (χ3n) is 7.98. The van der Waals surface area contributed by atoms with Crippen molar-refractivity contribution in [2.24, 2.45) is 0 Å². The number of hydrogen-bond donors (Lipinski definition) is 2. The maximum absolute atomic E-state index is 11.5. The maximum Gasteiger partial charge on any atom is 0.131 e. The lowest BCUT2D eigenvalue weighted by Crippen LogP contribution is -2.48. The van der Waals surface area contributed by atoms with E-state index < -0.39 is 5.60 Å². The van der Waals surface area contributed by atoms with Crippen LogP contribution >= 0.6 is 0 Å². The van der Waals surface area contributed by atoms with Gasteiger partial charge in [0.05, 0.1) is 5.60 Å². The molecule has 158 valence electrons. The fourth-order valence-electron chi connectivity index (χ4n) is 6.52. The van der Waals surface area contributed by atoms with Crippen molar-refractivity contribution < 1.29 is 5.11 Å². The second-order valence-electron chi connectivity index (χ2n) is 9.47. The number of fused-ring (bicyclic) bond motifs is 8. The average molecular weight is 412 g/mol. The number of aromatic nitrogens is 1. The third-order valence-corrected chi connectivity index (χ3v) is 7.98. The Balaban J connectivity index is 1.29. The molecule has 3 aliphatic rings. The first-order chi connectivity index (χ1) is 15.1. The smallest absolute Gasteiger partial charge is 0.131 e. The molecule has 0 spiro atoms. The average Bonchev–Trinajstić information content (AvgIpc) is 3.33. The second-order valence-corrected chi connectivity index (χ2v) is 9.47. The van der Waals surface area contributed by atoms with Gasteiger partial charge in [0, 0.05) is 49.8 Å². The number of nitrogens with one attached hydrogen (secondary N) is 1. The van der Waals surface area contributed by atoms with Crippen molar-refractivity contribution in [1.82, 2.24) is 9.88 Å². The zero-order chi connectivity index (χ0) is 21.1. The van der Waals surface area contributed by atoms with Crippen molar-refractivity contribution in [3.05, 3.63) is 94.7 Å². The molecule has 1 aromatic heterocycles. The van der Waals surface area contributed by atoms with E-state index in [0.29, 0.717) is 5.92 Å². The highest BCUT2D eigenvalue weighted by Crippen LogP contribution is 2.60. The van der Waals surface area contributed by atoms with Crippen LogP contribution in [0.2, 0.25) is 0 Å². The Kier molecular flexibility index (Phi) is 4.24. The van der Waals surface area contributed by atoms with Gasteiger partial charge in [-0.15, -0.1) is 0 Å². The number of pyridine rings is 1. The van der Waals surface area contributed by atoms with Crippen molar-refractivity contribution in [2.75, 3.05) is 32.0 Å². The quantitative estimate of drug-likeness (QED) is 0.674. The van der Waals surface area contributed by atoms with Gasteiger partial charge < -0.3 is 15.3 Å². The fraction of sp³-hybridized carbons (Fsp3) is 0.370. The van der Waals surface area contributed by atoms with Crippen molar-refractivity contribution >= 4 is 5.82 Å². The second kappa shape index (κ2) is 6.91. The molecule has 2 heterocycles. The molecule has 2 bridgehead atoms. The number of piperidine rings is 1. The number of aliphatic hydroxyl groups is 1. The van der Waals surface area contributed by atoms with Crippen LogP contribution < -0.4 is 5.32 Å². The lowest BCUT2D eigenvalue weighted by molar-refractivity contribution is -0.0285. The highest BCUT2D eigenvalue weighted by Gasteiger charge is 2.53. The van der Waals surface area contributed by atoms with Gasteiger partial charge in [-0.3, -0.25) is 0 Å². The van der Waals surface area contributed by atoms with Crippen LogP contribution in [0.25, 0.3) is 0 Å². The first-order valence-electron chi connectivity index (χ1n) is 11.4. The van der Waals surface area contributed by atoms with Crippen LogP contribution in [0.4, 0.5) is 5.82 Å². The fourth-order valence-corrected chi connectivity index (χ4v) is 6.52. The van der Waals surface area contributed by atoms with E-state index in [0.717, 1.165) is 43.9 Å². The Bertz CT molecular complexity index is 1090. The van der Waals surface area contributed by atoms with Crippen LogP contribution in [-0.2, 0) is 11.0 Å². The van der Waals surface area contributed by atoms with E-state index in [-0.39, 0.29) is 5.41 Å². The van der Waals surface area contributed by atoms with Crippen LogP contribution in [0.1, 0.15) is 53.0 Å². The molecule has 4 nitrogen and oxygen atoms in total. The Labute approximate surface area is 184 Å². The highest BCUT2D eigenvalue weighted by atomic mass is 16.3. The molecule has 3 aromatic rings. The minimum atomic E-state index is -0.815. The van der Waals surface area contributed by atoms with Crippen LogP contribution in [-0.4, -0.2) is 41.7 Å². The van der Waals surface area contributed by atoms with Gasteiger partial charge in [-0.1, -0.05) is 54.6 Å². The van der Waals surface area contributed by atoms with Crippen LogP contribution in [0, 0.1) is 0 Å². The summed E-state index contributed by atoms with van der Waals surface area (Å²) in [5, 5.41) is 14.6. The molecule has 1 saturated heterocycles. The molecule has 2 aromatic carbocycles. The predicted octanol–water partition coefficient (Wildman–Crippen LogP) is 4.24. The minimum Gasteiger partial charge on any atom is -0.385 e. The molecule has 2 N–H and O–H groups in total. The Hall–Kier alpha value is -2.69. The SMILES string of the molecule is CNc1ncccc1C1(O)CCN(CC23CC(c4ccccc42)c2ccccc23)CC1. The van der Waals surface area contributed by atoms with E-state index in [1.54, 1.807) is 6.20 Å². The molecule has 0 radical (unpaired) electrons. The van der Waals surface area contributed by atoms with Crippen molar-refractivity contribution in [2.45, 2.75) is 36.2 Å². The number of rotatable bonds is 4. The van der Waals surface area contributed by atoms with Crippen LogP contribution in [0.15, 0.2) is 66.9 Å². The predicted molar refractivity (Wildman–Crippen MR) is 123 cm³/mol. The summed E-state index contributed by atoms with van der Waals surface area (Å²) < 4.78 is 0. The van der Waals surface area contributed by atoms with Gasteiger partial charge in [0.25, 0.3) is 0 Å². The molecule has 2 aliphatic carbocycles. The molecule has 6 rings (SSSR count). The monoisotopic (exact) mass is 411 g/mol. The van der Waals surface area contributed by atoms with Crippen LogP contribution in [0.5, 0.6) is 0 Å². The van der Waals surface area contributed by atoms with Gasteiger partial charge in [0.15, 0.2) is 0 Å². The van der Waals surface area contributed by atoms with E-state index in [4.69, 9.17) is 0 Å². The summed E-state index contributed by atoms with van der Waals surface area (Å²) in [6.07, 6.45) is 4.42. The number of anilines is 1. The molecule has 1 aliphatic heterocycles. The zero-order valence-electron chi connectivity index (χ0n) is 18.0. The summed E-state index contributed by atoms with van der Waals surface area (Å²) in [6, 6.07) is 22.0.